The molecule has 0 amide bonds. The Balaban J connectivity index is 2.14. The summed E-state index contributed by atoms with van der Waals surface area (Å²) in [6, 6.07) is 8.82. The smallest absolute Gasteiger partial charge is 0.127 e. The zero-order chi connectivity index (χ0) is 13.2. The average molecular weight is 273 g/mol. The molecule has 1 unspecified atom stereocenters. The Morgan fingerprint density at radius 2 is 2.26 bits per heavy atom. The van der Waals surface area contributed by atoms with Crippen molar-refractivity contribution in [2.45, 2.75) is 19.3 Å². The van der Waals surface area contributed by atoms with Crippen LogP contribution in [0.15, 0.2) is 29.6 Å². The first-order valence-electron chi connectivity index (χ1n) is 6.75. The van der Waals surface area contributed by atoms with E-state index in [1.54, 1.807) is 18.4 Å². The second-order valence-corrected chi connectivity index (χ2v) is 6.03. The molecule has 1 aliphatic heterocycles. The van der Waals surface area contributed by atoms with E-state index in [1.807, 2.05) is 0 Å². The predicted octanol–water partition coefficient (Wildman–Crippen LogP) is 3.67. The van der Waals surface area contributed by atoms with Gasteiger partial charge in [0, 0.05) is 17.0 Å². The van der Waals surface area contributed by atoms with Crippen LogP contribution >= 0.6 is 11.3 Å². The summed E-state index contributed by atoms with van der Waals surface area (Å²) in [6.07, 6.45) is 1.08. The summed E-state index contributed by atoms with van der Waals surface area (Å²) in [5, 5.41) is 5.61. The highest BCUT2D eigenvalue weighted by atomic mass is 32.1. The molecule has 1 aromatic carbocycles. The van der Waals surface area contributed by atoms with E-state index in [9.17, 15) is 0 Å². The van der Waals surface area contributed by atoms with Gasteiger partial charge < -0.3 is 10.1 Å². The lowest BCUT2D eigenvalue weighted by molar-refractivity contribution is 0.416. The van der Waals surface area contributed by atoms with Crippen LogP contribution in [0.25, 0.3) is 10.4 Å². The highest BCUT2D eigenvalue weighted by molar-refractivity contribution is 7.13. The van der Waals surface area contributed by atoms with Crippen molar-refractivity contribution in [2.75, 3.05) is 20.2 Å². The summed E-state index contributed by atoms with van der Waals surface area (Å²) in [6.45, 7) is 4.41. The van der Waals surface area contributed by atoms with Crippen molar-refractivity contribution in [3.05, 3.63) is 40.8 Å². The summed E-state index contributed by atoms with van der Waals surface area (Å²) < 4.78 is 5.60. The number of fused-ring (bicyclic) bond motifs is 1. The van der Waals surface area contributed by atoms with Crippen molar-refractivity contribution in [1.29, 1.82) is 0 Å². The summed E-state index contributed by atoms with van der Waals surface area (Å²) in [7, 11) is 1.76. The minimum atomic E-state index is 0.558. The van der Waals surface area contributed by atoms with Gasteiger partial charge in [0.15, 0.2) is 0 Å². The molecular formula is C16H19NOS. The molecule has 0 aliphatic carbocycles. The molecule has 100 valence electrons. The molecule has 1 atom stereocenters. The van der Waals surface area contributed by atoms with E-state index in [1.165, 1.54) is 21.6 Å². The number of methoxy groups -OCH3 is 1. The van der Waals surface area contributed by atoms with Crippen LogP contribution in [-0.2, 0) is 6.42 Å². The third kappa shape index (κ3) is 2.40. The number of ether oxygens (including phenoxy) is 1. The number of nitrogens with one attached hydrogen (secondary N) is 1. The third-order valence-electron chi connectivity index (χ3n) is 3.80. The third-order valence-corrected chi connectivity index (χ3v) is 4.70. The number of benzene rings is 1. The zero-order valence-corrected chi connectivity index (χ0v) is 12.2. The summed E-state index contributed by atoms with van der Waals surface area (Å²) in [5.41, 5.74) is 4.12. The van der Waals surface area contributed by atoms with Crippen LogP contribution in [-0.4, -0.2) is 20.2 Å². The van der Waals surface area contributed by atoms with Crippen LogP contribution < -0.4 is 10.1 Å². The summed E-state index contributed by atoms with van der Waals surface area (Å²) in [4.78, 5) is 1.28. The maximum Gasteiger partial charge on any atom is 0.127 e. The molecule has 19 heavy (non-hydrogen) atoms. The highest BCUT2D eigenvalue weighted by Crippen LogP contribution is 2.38. The Morgan fingerprint density at radius 3 is 3.00 bits per heavy atom. The molecule has 1 aliphatic rings. The molecule has 2 nitrogen and oxygen atoms in total. The van der Waals surface area contributed by atoms with Gasteiger partial charge in [-0.05, 0) is 53.6 Å². The molecule has 0 spiro atoms. The number of hydrogen-bond acceptors (Lipinski definition) is 3. The van der Waals surface area contributed by atoms with E-state index >= 15 is 0 Å². The molecule has 0 fully saturated rings. The van der Waals surface area contributed by atoms with E-state index in [2.05, 4.69) is 41.9 Å². The first-order chi connectivity index (χ1) is 9.29. The monoisotopic (exact) mass is 273 g/mol. The van der Waals surface area contributed by atoms with E-state index in [0.717, 1.165) is 25.3 Å². The molecule has 1 N–H and O–H groups in total. The lowest BCUT2D eigenvalue weighted by Gasteiger charge is -2.16. The van der Waals surface area contributed by atoms with Crippen LogP contribution in [0, 0.1) is 0 Å². The van der Waals surface area contributed by atoms with E-state index < -0.39 is 0 Å². The van der Waals surface area contributed by atoms with Gasteiger partial charge in [-0.2, -0.15) is 0 Å². The van der Waals surface area contributed by atoms with Crippen molar-refractivity contribution in [3.8, 4) is 16.2 Å². The van der Waals surface area contributed by atoms with Gasteiger partial charge in [0.25, 0.3) is 0 Å². The Hall–Kier alpha value is -1.32. The van der Waals surface area contributed by atoms with Gasteiger partial charge in [-0.25, -0.2) is 0 Å². The first kappa shape index (κ1) is 12.7. The maximum absolute atomic E-state index is 5.60. The summed E-state index contributed by atoms with van der Waals surface area (Å²) in [5.74, 6) is 1.55. The number of hydrogen-bond donors (Lipinski definition) is 1. The highest BCUT2D eigenvalue weighted by Gasteiger charge is 2.18. The fraction of sp³-hybridized carbons (Fsp3) is 0.375. The standard InChI is InChI=1S/C16H19NOS/c1-11-10-17-6-5-12-8-15(18-2)14(9-13(11)12)16-4-3-7-19-16/h3-4,7-9,11,17H,5-6,10H2,1-2H3. The minimum Gasteiger partial charge on any atom is -0.496 e. The lowest BCUT2D eigenvalue weighted by atomic mass is 9.92. The molecule has 2 aromatic rings. The number of thiophene rings is 1. The summed E-state index contributed by atoms with van der Waals surface area (Å²) >= 11 is 1.77. The Kier molecular flexibility index (Phi) is 3.58. The second-order valence-electron chi connectivity index (χ2n) is 5.08. The van der Waals surface area contributed by atoms with Crippen molar-refractivity contribution >= 4 is 11.3 Å². The van der Waals surface area contributed by atoms with Crippen molar-refractivity contribution in [2.24, 2.45) is 0 Å². The van der Waals surface area contributed by atoms with Crippen LogP contribution in [0.2, 0.25) is 0 Å². The van der Waals surface area contributed by atoms with Crippen molar-refractivity contribution < 1.29 is 4.74 Å². The van der Waals surface area contributed by atoms with Crippen LogP contribution in [0.1, 0.15) is 24.0 Å². The molecular weight excluding hydrogens is 254 g/mol. The Bertz CT molecular complexity index is 562. The van der Waals surface area contributed by atoms with Gasteiger partial charge in [0.1, 0.15) is 5.75 Å². The van der Waals surface area contributed by atoms with E-state index in [4.69, 9.17) is 4.74 Å². The molecule has 1 aromatic heterocycles. The molecule has 0 saturated carbocycles. The van der Waals surface area contributed by atoms with Crippen molar-refractivity contribution in [1.82, 2.24) is 5.32 Å². The molecule has 0 bridgehead atoms. The van der Waals surface area contributed by atoms with Crippen LogP contribution in [0.4, 0.5) is 0 Å². The molecule has 2 heterocycles. The first-order valence-corrected chi connectivity index (χ1v) is 7.63. The Labute approximate surface area is 118 Å². The van der Waals surface area contributed by atoms with Gasteiger partial charge in [-0.1, -0.05) is 13.0 Å². The number of rotatable bonds is 2. The van der Waals surface area contributed by atoms with Gasteiger partial charge in [0.2, 0.25) is 0 Å². The van der Waals surface area contributed by atoms with E-state index in [-0.39, 0.29) is 0 Å². The molecule has 3 rings (SSSR count). The van der Waals surface area contributed by atoms with Crippen LogP contribution in [0.5, 0.6) is 5.75 Å². The molecule has 0 radical (unpaired) electrons. The van der Waals surface area contributed by atoms with Gasteiger partial charge >= 0.3 is 0 Å². The van der Waals surface area contributed by atoms with Gasteiger partial charge in [0.05, 0.1) is 7.11 Å². The van der Waals surface area contributed by atoms with Gasteiger partial charge in [-0.15, -0.1) is 11.3 Å². The fourth-order valence-corrected chi connectivity index (χ4v) is 3.51. The maximum atomic E-state index is 5.60. The second kappa shape index (κ2) is 5.35. The molecule has 3 heteroatoms. The quantitative estimate of drug-likeness (QED) is 0.901. The van der Waals surface area contributed by atoms with Crippen molar-refractivity contribution in [3.63, 3.8) is 0 Å². The fourth-order valence-electron chi connectivity index (χ4n) is 2.76. The Morgan fingerprint density at radius 1 is 1.37 bits per heavy atom. The predicted molar refractivity (Wildman–Crippen MR) is 81.3 cm³/mol. The van der Waals surface area contributed by atoms with Gasteiger partial charge in [-0.3, -0.25) is 0 Å². The van der Waals surface area contributed by atoms with Crippen LogP contribution in [0.3, 0.4) is 0 Å². The largest absolute Gasteiger partial charge is 0.496 e. The topological polar surface area (TPSA) is 21.3 Å². The zero-order valence-electron chi connectivity index (χ0n) is 11.4. The minimum absolute atomic E-state index is 0.558. The SMILES string of the molecule is COc1cc2c(cc1-c1cccs1)C(C)CNCC2. The lowest BCUT2D eigenvalue weighted by Crippen LogP contribution is -2.18. The van der Waals surface area contributed by atoms with E-state index in [0.29, 0.717) is 5.92 Å². The normalized spacial score (nSPS) is 18.7. The average Bonchev–Trinajstić information content (AvgIpc) is 2.90. The molecule has 0 saturated heterocycles.